The number of aromatic nitrogens is 1. The van der Waals surface area contributed by atoms with Crippen LogP contribution >= 0.6 is 0 Å². The Kier molecular flexibility index (Phi) is 4.13. The summed E-state index contributed by atoms with van der Waals surface area (Å²) in [7, 11) is 0. The number of nitrogens with one attached hydrogen (secondary N) is 2. The Hall–Kier alpha value is -2.36. The quantitative estimate of drug-likeness (QED) is 0.881. The third kappa shape index (κ3) is 4.10. The highest BCUT2D eigenvalue weighted by molar-refractivity contribution is 5.90. The van der Waals surface area contributed by atoms with Crippen LogP contribution in [0.3, 0.4) is 0 Å². The molecule has 0 bridgehead atoms. The van der Waals surface area contributed by atoms with Crippen molar-refractivity contribution in [3.8, 4) is 0 Å². The Morgan fingerprint density at radius 3 is 2.79 bits per heavy atom. The van der Waals surface area contributed by atoms with E-state index in [4.69, 9.17) is 0 Å². The van der Waals surface area contributed by atoms with Crippen LogP contribution in [0.25, 0.3) is 0 Å². The van der Waals surface area contributed by atoms with Gasteiger partial charge in [0, 0.05) is 18.7 Å². The maximum Gasteiger partial charge on any atom is 0.248 e. The molecule has 0 saturated heterocycles. The number of H-pyrrole nitrogens is 1. The van der Waals surface area contributed by atoms with E-state index in [1.165, 1.54) is 17.8 Å². The normalized spacial score (nSPS) is 10.2. The fourth-order valence-corrected chi connectivity index (χ4v) is 1.84. The molecule has 19 heavy (non-hydrogen) atoms. The van der Waals surface area contributed by atoms with Gasteiger partial charge in [0.25, 0.3) is 0 Å². The zero-order valence-corrected chi connectivity index (χ0v) is 10.8. The molecule has 0 atom stereocenters. The topological polar surface area (TPSA) is 62.0 Å². The van der Waals surface area contributed by atoms with Crippen molar-refractivity contribution in [1.29, 1.82) is 0 Å². The van der Waals surface area contributed by atoms with Crippen molar-refractivity contribution in [1.82, 2.24) is 4.98 Å². The summed E-state index contributed by atoms with van der Waals surface area (Å²) in [5.41, 5.74) is 2.77. The van der Waals surface area contributed by atoms with Gasteiger partial charge in [0.2, 0.25) is 11.5 Å². The first-order chi connectivity index (χ1) is 9.13. The van der Waals surface area contributed by atoms with Gasteiger partial charge in [-0.3, -0.25) is 9.59 Å². The number of carbonyl (C=O) groups excluding carboxylic acids is 1. The second-order valence-corrected chi connectivity index (χ2v) is 4.48. The minimum Gasteiger partial charge on any atom is -0.327 e. The molecule has 0 radical (unpaired) electrons. The minimum atomic E-state index is -0.183. The molecule has 1 amide bonds. The Bertz CT molecular complexity index is 612. The average Bonchev–Trinajstić information content (AvgIpc) is 2.39. The largest absolute Gasteiger partial charge is 0.327 e. The lowest BCUT2D eigenvalue weighted by Gasteiger charge is -2.05. The van der Waals surface area contributed by atoms with E-state index in [0.29, 0.717) is 18.5 Å². The Morgan fingerprint density at radius 2 is 2.11 bits per heavy atom. The van der Waals surface area contributed by atoms with Gasteiger partial charge < -0.3 is 10.3 Å². The molecule has 1 heterocycles. The summed E-state index contributed by atoms with van der Waals surface area (Å²) < 4.78 is 0. The van der Waals surface area contributed by atoms with Crippen molar-refractivity contribution in [3.63, 3.8) is 0 Å². The second kappa shape index (κ2) is 6.00. The molecule has 0 unspecified atom stereocenters. The van der Waals surface area contributed by atoms with Crippen LogP contribution in [0.4, 0.5) is 5.69 Å². The molecule has 2 aromatic rings. The lowest BCUT2D eigenvalue weighted by Crippen LogP contribution is -2.13. The van der Waals surface area contributed by atoms with E-state index in [-0.39, 0.29) is 11.5 Å². The summed E-state index contributed by atoms with van der Waals surface area (Å²) in [6.45, 7) is 2.03. The summed E-state index contributed by atoms with van der Waals surface area (Å²) in [5, 5.41) is 2.74. The molecule has 2 rings (SSSR count). The number of aryl methyl sites for hydroxylation is 2. The van der Waals surface area contributed by atoms with E-state index in [2.05, 4.69) is 16.4 Å². The number of benzene rings is 1. The Morgan fingerprint density at radius 1 is 1.26 bits per heavy atom. The van der Waals surface area contributed by atoms with Crippen LogP contribution in [0.2, 0.25) is 0 Å². The zero-order chi connectivity index (χ0) is 13.7. The average molecular weight is 256 g/mol. The lowest BCUT2D eigenvalue weighted by atomic mass is 10.1. The third-order valence-electron chi connectivity index (χ3n) is 2.79. The first kappa shape index (κ1) is 13.1. The molecule has 4 heteroatoms. The van der Waals surface area contributed by atoms with Crippen LogP contribution < -0.4 is 10.9 Å². The van der Waals surface area contributed by atoms with Crippen LogP contribution in [-0.2, 0) is 11.2 Å². The summed E-state index contributed by atoms with van der Waals surface area (Å²) in [5.74, 6) is -0.0615. The zero-order valence-electron chi connectivity index (χ0n) is 10.8. The Labute approximate surface area is 111 Å². The van der Waals surface area contributed by atoms with Gasteiger partial charge in [0.1, 0.15) is 0 Å². The number of hydrogen-bond acceptors (Lipinski definition) is 2. The number of anilines is 1. The van der Waals surface area contributed by atoms with E-state index in [1.807, 2.05) is 25.1 Å². The van der Waals surface area contributed by atoms with Crippen molar-refractivity contribution in [2.75, 3.05) is 5.32 Å². The van der Waals surface area contributed by atoms with Crippen LogP contribution in [0.5, 0.6) is 0 Å². The summed E-state index contributed by atoms with van der Waals surface area (Å²) in [4.78, 5) is 25.2. The maximum atomic E-state index is 11.8. The van der Waals surface area contributed by atoms with Gasteiger partial charge in [-0.1, -0.05) is 29.8 Å². The molecule has 0 aliphatic heterocycles. The molecular formula is C15H16N2O2. The van der Waals surface area contributed by atoms with E-state index >= 15 is 0 Å². The minimum absolute atomic E-state index is 0.0615. The maximum absolute atomic E-state index is 11.8. The van der Waals surface area contributed by atoms with E-state index in [9.17, 15) is 9.59 Å². The summed E-state index contributed by atoms with van der Waals surface area (Å²) in [6.07, 6.45) is 2.62. The first-order valence-electron chi connectivity index (χ1n) is 6.17. The van der Waals surface area contributed by atoms with Gasteiger partial charge in [-0.2, -0.15) is 0 Å². The molecule has 1 aromatic heterocycles. The molecule has 1 aromatic carbocycles. The smallest absolute Gasteiger partial charge is 0.248 e. The molecular weight excluding hydrogens is 240 g/mol. The molecule has 98 valence electrons. The molecule has 0 aliphatic carbocycles. The second-order valence-electron chi connectivity index (χ2n) is 4.48. The van der Waals surface area contributed by atoms with Gasteiger partial charge in [0.15, 0.2) is 0 Å². The summed E-state index contributed by atoms with van der Waals surface area (Å²) in [6, 6.07) is 11.1. The van der Waals surface area contributed by atoms with E-state index < -0.39 is 0 Å². The van der Waals surface area contributed by atoms with Gasteiger partial charge in [-0.15, -0.1) is 0 Å². The van der Waals surface area contributed by atoms with Gasteiger partial charge >= 0.3 is 0 Å². The van der Waals surface area contributed by atoms with Crippen LogP contribution in [0.1, 0.15) is 17.5 Å². The highest BCUT2D eigenvalue weighted by atomic mass is 16.1. The molecule has 0 aliphatic rings. The Balaban J connectivity index is 1.88. The SMILES string of the molecule is Cc1cccc(CCC(=O)Nc2ccc(=O)[nH]c2)c1. The number of carbonyl (C=O) groups is 1. The highest BCUT2D eigenvalue weighted by Crippen LogP contribution is 2.08. The van der Waals surface area contributed by atoms with Crippen molar-refractivity contribution < 1.29 is 4.79 Å². The first-order valence-corrected chi connectivity index (χ1v) is 6.17. The number of rotatable bonds is 4. The van der Waals surface area contributed by atoms with Crippen molar-refractivity contribution in [2.24, 2.45) is 0 Å². The standard InChI is InChI=1S/C15H16N2O2/c1-11-3-2-4-12(9-11)5-7-15(19)17-13-6-8-14(18)16-10-13/h2-4,6,8-10H,5,7H2,1H3,(H,16,18)(H,17,19). The molecule has 2 N–H and O–H groups in total. The van der Waals surface area contributed by atoms with Crippen LogP contribution in [0, 0.1) is 6.92 Å². The fourth-order valence-electron chi connectivity index (χ4n) is 1.84. The van der Waals surface area contributed by atoms with Gasteiger partial charge in [0.05, 0.1) is 5.69 Å². The molecule has 0 saturated carbocycles. The highest BCUT2D eigenvalue weighted by Gasteiger charge is 2.03. The monoisotopic (exact) mass is 256 g/mol. The van der Waals surface area contributed by atoms with Crippen LogP contribution in [0.15, 0.2) is 47.4 Å². The van der Waals surface area contributed by atoms with Crippen LogP contribution in [-0.4, -0.2) is 10.9 Å². The molecule has 4 nitrogen and oxygen atoms in total. The van der Waals surface area contributed by atoms with Crippen molar-refractivity contribution in [2.45, 2.75) is 19.8 Å². The van der Waals surface area contributed by atoms with Crippen molar-refractivity contribution >= 4 is 11.6 Å². The fraction of sp³-hybridized carbons (Fsp3) is 0.200. The number of pyridine rings is 1. The van der Waals surface area contributed by atoms with E-state index in [0.717, 1.165) is 5.56 Å². The van der Waals surface area contributed by atoms with Gasteiger partial charge in [-0.25, -0.2) is 0 Å². The molecule has 0 fully saturated rings. The predicted molar refractivity (Wildman–Crippen MR) is 75.2 cm³/mol. The lowest BCUT2D eigenvalue weighted by molar-refractivity contribution is -0.116. The van der Waals surface area contributed by atoms with Gasteiger partial charge in [-0.05, 0) is 25.0 Å². The summed E-state index contributed by atoms with van der Waals surface area (Å²) >= 11 is 0. The number of aromatic amines is 1. The molecule has 0 spiro atoms. The van der Waals surface area contributed by atoms with E-state index in [1.54, 1.807) is 6.07 Å². The number of hydrogen-bond donors (Lipinski definition) is 2. The number of amides is 1. The predicted octanol–water partition coefficient (Wildman–Crippen LogP) is 2.25. The van der Waals surface area contributed by atoms with Crippen molar-refractivity contribution in [3.05, 3.63) is 64.1 Å². The third-order valence-corrected chi connectivity index (χ3v) is 2.79.